The second-order valence-corrected chi connectivity index (χ2v) is 7.99. The Hall–Kier alpha value is -5.17. The maximum Gasteiger partial charge on any atom is 0.269 e. The van der Waals surface area contributed by atoms with Gasteiger partial charge in [-0.1, -0.05) is 37.1 Å². The number of hydrogen-bond donors (Lipinski definition) is 2. The van der Waals surface area contributed by atoms with Crippen molar-refractivity contribution in [1.82, 2.24) is 29.5 Å². The van der Waals surface area contributed by atoms with Crippen LogP contribution < -0.4 is 16.6 Å². The van der Waals surface area contributed by atoms with E-state index in [1.54, 1.807) is 48.8 Å². The highest BCUT2D eigenvalue weighted by atomic mass is 19.1. The molecule has 3 aromatic heterocycles. The molecule has 2 aromatic carbocycles. The average Bonchev–Trinajstić information content (AvgIpc) is 2.92. The zero-order chi connectivity index (χ0) is 25.8. The zero-order valence-corrected chi connectivity index (χ0v) is 19.8. The van der Waals surface area contributed by atoms with Crippen LogP contribution in [0.1, 0.15) is 36.6 Å². The Labute approximate surface area is 211 Å². The van der Waals surface area contributed by atoms with Gasteiger partial charge in [0.2, 0.25) is 5.82 Å². The SMILES string of the molecule is CCC(Nc1ncnc(N)c1C#Cc1ncccn1)c1nc2cccc(F)c2c(=O)n1-c1ccccc1. The highest BCUT2D eigenvalue weighted by molar-refractivity contribution is 5.79. The first-order valence-electron chi connectivity index (χ1n) is 11.5. The zero-order valence-electron chi connectivity index (χ0n) is 19.8. The van der Waals surface area contributed by atoms with E-state index in [4.69, 9.17) is 10.7 Å². The summed E-state index contributed by atoms with van der Waals surface area (Å²) < 4.78 is 16.1. The number of nitrogens with two attached hydrogens (primary N) is 1. The van der Waals surface area contributed by atoms with Crippen molar-refractivity contribution in [3.05, 3.63) is 107 Å². The molecule has 0 radical (unpaired) electrons. The Morgan fingerprint density at radius 3 is 2.54 bits per heavy atom. The number of nitrogens with zero attached hydrogens (tertiary/aromatic N) is 6. The molecule has 0 spiro atoms. The molecule has 3 N–H and O–H groups in total. The van der Waals surface area contributed by atoms with Crippen LogP contribution in [0.5, 0.6) is 0 Å². The second-order valence-electron chi connectivity index (χ2n) is 7.99. The van der Waals surface area contributed by atoms with E-state index in [1.807, 2.05) is 13.0 Å². The Bertz CT molecular complexity index is 1700. The van der Waals surface area contributed by atoms with Gasteiger partial charge in [-0.15, -0.1) is 0 Å². The van der Waals surface area contributed by atoms with E-state index < -0.39 is 17.4 Å². The molecule has 0 fully saturated rings. The lowest BCUT2D eigenvalue weighted by Gasteiger charge is -2.22. The normalized spacial score (nSPS) is 11.5. The number of para-hydroxylation sites is 1. The Morgan fingerprint density at radius 1 is 1.00 bits per heavy atom. The molecule has 0 aliphatic heterocycles. The van der Waals surface area contributed by atoms with Gasteiger partial charge in [0.05, 0.1) is 17.2 Å². The summed E-state index contributed by atoms with van der Waals surface area (Å²) >= 11 is 0. The quantitative estimate of drug-likeness (QED) is 0.356. The largest absolute Gasteiger partial charge is 0.382 e. The van der Waals surface area contributed by atoms with Crippen molar-refractivity contribution in [1.29, 1.82) is 0 Å². The molecule has 1 atom stereocenters. The fourth-order valence-corrected chi connectivity index (χ4v) is 3.90. The van der Waals surface area contributed by atoms with Crippen LogP contribution in [0.2, 0.25) is 0 Å². The standard InChI is InChI=1S/C27H21FN8O/c1-2-20(34-25-18(24(29)32-16-33-25)12-13-22-30-14-7-15-31-22)26-35-21-11-6-10-19(28)23(21)27(37)36(26)17-8-4-3-5-9-17/h3-11,14-16,20H,2H2,1H3,(H3,29,32,33,34). The number of fused-ring (bicyclic) bond motifs is 1. The lowest BCUT2D eigenvalue weighted by molar-refractivity contribution is 0.630. The molecule has 3 heterocycles. The fraction of sp³-hybridized carbons (Fsp3) is 0.111. The molecule has 0 aliphatic carbocycles. The van der Waals surface area contributed by atoms with Crippen molar-refractivity contribution >= 4 is 22.5 Å². The number of rotatable bonds is 5. The van der Waals surface area contributed by atoms with Gasteiger partial charge < -0.3 is 11.1 Å². The highest BCUT2D eigenvalue weighted by Crippen LogP contribution is 2.26. The molecule has 0 aliphatic rings. The molecule has 0 saturated heterocycles. The van der Waals surface area contributed by atoms with E-state index >= 15 is 0 Å². The van der Waals surface area contributed by atoms with E-state index in [-0.39, 0.29) is 16.7 Å². The van der Waals surface area contributed by atoms with E-state index in [0.29, 0.717) is 35.1 Å². The smallest absolute Gasteiger partial charge is 0.269 e. The first kappa shape index (κ1) is 23.6. The van der Waals surface area contributed by atoms with Crippen molar-refractivity contribution in [2.75, 3.05) is 11.1 Å². The molecule has 5 aromatic rings. The van der Waals surface area contributed by atoms with Crippen molar-refractivity contribution in [2.45, 2.75) is 19.4 Å². The van der Waals surface area contributed by atoms with Gasteiger partial charge in [-0.3, -0.25) is 9.36 Å². The number of hydrogen-bond acceptors (Lipinski definition) is 8. The molecule has 182 valence electrons. The summed E-state index contributed by atoms with van der Waals surface area (Å²) in [5.74, 6) is 6.42. The molecule has 10 heteroatoms. The van der Waals surface area contributed by atoms with Crippen LogP contribution in [-0.2, 0) is 0 Å². The van der Waals surface area contributed by atoms with Crippen LogP contribution in [0.4, 0.5) is 16.0 Å². The number of nitrogens with one attached hydrogen (secondary N) is 1. The number of halogens is 1. The topological polar surface area (TPSA) is 124 Å². The summed E-state index contributed by atoms with van der Waals surface area (Å²) in [5, 5.41) is 3.24. The Kier molecular flexibility index (Phi) is 6.50. The summed E-state index contributed by atoms with van der Waals surface area (Å²) in [7, 11) is 0. The summed E-state index contributed by atoms with van der Waals surface area (Å²) in [6, 6.07) is 14.6. The van der Waals surface area contributed by atoms with Gasteiger partial charge in [-0.25, -0.2) is 29.3 Å². The first-order chi connectivity index (χ1) is 18.1. The molecule has 0 bridgehead atoms. The van der Waals surface area contributed by atoms with Gasteiger partial charge in [-0.05, 0) is 42.7 Å². The number of benzene rings is 2. The summed E-state index contributed by atoms with van der Waals surface area (Å²) in [5.41, 5.74) is 6.80. The third-order valence-electron chi connectivity index (χ3n) is 5.66. The fourth-order valence-electron chi connectivity index (χ4n) is 3.90. The average molecular weight is 493 g/mol. The number of aromatic nitrogens is 6. The maximum atomic E-state index is 14.7. The summed E-state index contributed by atoms with van der Waals surface area (Å²) in [6.45, 7) is 1.93. The van der Waals surface area contributed by atoms with Crippen LogP contribution in [0.15, 0.2) is 78.1 Å². The summed E-state index contributed by atoms with van der Waals surface area (Å²) in [6.07, 6.45) is 5.01. The van der Waals surface area contributed by atoms with E-state index in [2.05, 4.69) is 37.1 Å². The van der Waals surface area contributed by atoms with Crippen molar-refractivity contribution in [3.8, 4) is 17.5 Å². The maximum absolute atomic E-state index is 14.7. The van der Waals surface area contributed by atoms with Crippen LogP contribution in [0.3, 0.4) is 0 Å². The van der Waals surface area contributed by atoms with Gasteiger partial charge >= 0.3 is 0 Å². The predicted molar refractivity (Wildman–Crippen MR) is 138 cm³/mol. The lowest BCUT2D eigenvalue weighted by atomic mass is 10.1. The van der Waals surface area contributed by atoms with E-state index in [1.165, 1.54) is 23.0 Å². The van der Waals surface area contributed by atoms with Gasteiger partial charge in [-0.2, -0.15) is 0 Å². The Morgan fingerprint density at radius 2 is 1.78 bits per heavy atom. The molecule has 0 amide bonds. The minimum Gasteiger partial charge on any atom is -0.382 e. The molecular formula is C27H21FN8O. The van der Waals surface area contributed by atoms with Crippen LogP contribution >= 0.6 is 0 Å². The predicted octanol–water partition coefficient (Wildman–Crippen LogP) is 3.65. The highest BCUT2D eigenvalue weighted by Gasteiger charge is 2.23. The van der Waals surface area contributed by atoms with E-state index in [9.17, 15) is 9.18 Å². The van der Waals surface area contributed by atoms with Crippen LogP contribution in [0, 0.1) is 17.7 Å². The van der Waals surface area contributed by atoms with Crippen LogP contribution in [-0.4, -0.2) is 29.5 Å². The van der Waals surface area contributed by atoms with Gasteiger partial charge in [0.25, 0.3) is 5.56 Å². The molecule has 37 heavy (non-hydrogen) atoms. The van der Waals surface area contributed by atoms with Gasteiger partial charge in [0.1, 0.15) is 40.6 Å². The molecule has 5 rings (SSSR count). The third-order valence-corrected chi connectivity index (χ3v) is 5.66. The van der Waals surface area contributed by atoms with Gasteiger partial charge in [0, 0.05) is 12.4 Å². The summed E-state index contributed by atoms with van der Waals surface area (Å²) in [4.78, 5) is 34.9. The first-order valence-corrected chi connectivity index (χ1v) is 11.5. The van der Waals surface area contributed by atoms with Crippen molar-refractivity contribution in [2.24, 2.45) is 0 Å². The van der Waals surface area contributed by atoms with Crippen LogP contribution in [0.25, 0.3) is 16.6 Å². The van der Waals surface area contributed by atoms with E-state index in [0.717, 1.165) is 0 Å². The molecular weight excluding hydrogens is 471 g/mol. The minimum atomic E-state index is -0.628. The lowest BCUT2D eigenvalue weighted by Crippen LogP contribution is -2.29. The number of anilines is 2. The van der Waals surface area contributed by atoms with Gasteiger partial charge in [0.15, 0.2) is 0 Å². The third kappa shape index (κ3) is 4.70. The van der Waals surface area contributed by atoms with Crippen molar-refractivity contribution in [3.63, 3.8) is 0 Å². The monoisotopic (exact) mass is 492 g/mol. The number of nitrogen functional groups attached to an aromatic ring is 1. The molecule has 0 saturated carbocycles. The Balaban J connectivity index is 1.65. The second kappa shape index (κ2) is 10.2. The molecule has 9 nitrogen and oxygen atoms in total. The van der Waals surface area contributed by atoms with Crippen molar-refractivity contribution < 1.29 is 4.39 Å². The minimum absolute atomic E-state index is 0.0781. The molecule has 1 unspecified atom stereocenters.